The second-order valence-electron chi connectivity index (χ2n) is 3.40. The third-order valence-corrected chi connectivity index (χ3v) is 3.09. The number of hydrogen-bond acceptors (Lipinski definition) is 2. The summed E-state index contributed by atoms with van der Waals surface area (Å²) >= 11 is 3.29. The van der Waals surface area contributed by atoms with Gasteiger partial charge in [-0.3, -0.25) is 4.98 Å². The van der Waals surface area contributed by atoms with E-state index in [1.54, 1.807) is 6.20 Å². The Balaban J connectivity index is 0.00000144. The molecule has 0 N–H and O–H groups in total. The molecule has 0 fully saturated rings. The highest BCUT2D eigenvalue weighted by atomic mass is 79.9. The molecule has 0 aliphatic heterocycles. The number of nitrogens with zero attached hydrogens (tertiary/aromatic N) is 1. The smallest absolute Gasteiger partial charge is 0.138 e. The lowest BCUT2D eigenvalue weighted by Gasteiger charge is -2.04. The summed E-state index contributed by atoms with van der Waals surface area (Å²) in [6, 6.07) is 11.8. The van der Waals surface area contributed by atoms with Gasteiger partial charge >= 0.3 is 0 Å². The molecule has 1 heterocycles. The number of aldehydes is 1. The van der Waals surface area contributed by atoms with Crippen molar-refractivity contribution in [3.8, 4) is 11.1 Å². The Hall–Kier alpha value is -1.00. The van der Waals surface area contributed by atoms with Gasteiger partial charge in [0.1, 0.15) is 6.29 Å². The molecule has 0 aliphatic carbocycles. The molecule has 1 aromatic heterocycles. The predicted octanol–water partition coefficient (Wildman–Crippen LogP) is 3.96. The van der Waals surface area contributed by atoms with Crippen LogP contribution in [-0.2, 0) is 4.79 Å². The zero-order valence-corrected chi connectivity index (χ0v) is 12.2. The van der Waals surface area contributed by atoms with E-state index in [9.17, 15) is 4.79 Å². The largest absolute Gasteiger partial charge is 0.302 e. The van der Waals surface area contributed by atoms with Crippen molar-refractivity contribution in [3.05, 3.63) is 54.4 Å². The fraction of sp³-hybridized carbons (Fsp3) is 0.0769. The van der Waals surface area contributed by atoms with Crippen molar-refractivity contribution in [1.29, 1.82) is 0 Å². The molecule has 0 amide bonds. The maximum atomic E-state index is 10.6. The Morgan fingerprint density at radius 3 is 2.35 bits per heavy atom. The van der Waals surface area contributed by atoms with Gasteiger partial charge in [0, 0.05) is 12.4 Å². The van der Waals surface area contributed by atoms with E-state index in [1.165, 1.54) is 0 Å². The van der Waals surface area contributed by atoms with Crippen LogP contribution >= 0.6 is 32.9 Å². The lowest BCUT2D eigenvalue weighted by Crippen LogP contribution is -1.90. The zero-order chi connectivity index (χ0) is 11.4. The Bertz CT molecular complexity index is 471. The van der Waals surface area contributed by atoms with Crippen LogP contribution in [0.25, 0.3) is 11.1 Å². The topological polar surface area (TPSA) is 30.0 Å². The van der Waals surface area contributed by atoms with Crippen molar-refractivity contribution < 1.29 is 4.79 Å². The number of pyridine rings is 1. The minimum Gasteiger partial charge on any atom is -0.302 e. The Morgan fingerprint density at radius 2 is 1.82 bits per heavy atom. The molecule has 1 atom stereocenters. The van der Waals surface area contributed by atoms with Crippen molar-refractivity contribution in [2.24, 2.45) is 0 Å². The Kier molecular flexibility index (Phi) is 5.51. The summed E-state index contributed by atoms with van der Waals surface area (Å²) in [6.45, 7) is 0. The van der Waals surface area contributed by atoms with Gasteiger partial charge in [-0.05, 0) is 22.8 Å². The normalized spacial score (nSPS) is 11.4. The molecule has 0 spiro atoms. The minimum absolute atomic E-state index is 0. The molecule has 88 valence electrons. The summed E-state index contributed by atoms with van der Waals surface area (Å²) in [6.07, 6.45) is 4.44. The van der Waals surface area contributed by atoms with Gasteiger partial charge in [-0.2, -0.15) is 0 Å². The number of hydrogen-bond donors (Lipinski definition) is 0. The van der Waals surface area contributed by atoms with Crippen LogP contribution in [-0.4, -0.2) is 11.3 Å². The standard InChI is InChI=1S/C13H10BrNO.BrH/c14-13(9-16)11-5-3-10(4-6-11)12-2-1-7-15-8-12;/h1-9,13H;1H. The molecular weight excluding hydrogens is 346 g/mol. The first kappa shape index (κ1) is 14.1. The van der Waals surface area contributed by atoms with Gasteiger partial charge in [-0.25, -0.2) is 0 Å². The van der Waals surface area contributed by atoms with Crippen molar-refractivity contribution >= 4 is 39.2 Å². The quantitative estimate of drug-likeness (QED) is 0.615. The van der Waals surface area contributed by atoms with Gasteiger partial charge in [0.15, 0.2) is 0 Å². The SMILES string of the molecule is Br.O=CC(Br)c1ccc(-c2cccnc2)cc1. The Labute approximate surface area is 119 Å². The van der Waals surface area contributed by atoms with Crippen LogP contribution in [0.4, 0.5) is 0 Å². The maximum Gasteiger partial charge on any atom is 0.138 e. The van der Waals surface area contributed by atoms with Gasteiger partial charge in [0.2, 0.25) is 0 Å². The van der Waals surface area contributed by atoms with Crippen LogP contribution in [0, 0.1) is 0 Å². The van der Waals surface area contributed by atoms with E-state index in [0.29, 0.717) is 0 Å². The molecular formula is C13H11Br2NO. The third-order valence-electron chi connectivity index (χ3n) is 2.34. The summed E-state index contributed by atoms with van der Waals surface area (Å²) in [7, 11) is 0. The second-order valence-corrected chi connectivity index (χ2v) is 4.39. The molecule has 1 unspecified atom stereocenters. The van der Waals surface area contributed by atoms with Crippen LogP contribution < -0.4 is 0 Å². The average molecular weight is 357 g/mol. The highest BCUT2D eigenvalue weighted by molar-refractivity contribution is 9.09. The van der Waals surface area contributed by atoms with E-state index < -0.39 is 0 Å². The van der Waals surface area contributed by atoms with E-state index in [-0.39, 0.29) is 21.8 Å². The molecule has 17 heavy (non-hydrogen) atoms. The predicted molar refractivity (Wildman–Crippen MR) is 77.7 cm³/mol. The van der Waals surface area contributed by atoms with Gasteiger partial charge in [0.25, 0.3) is 0 Å². The summed E-state index contributed by atoms with van der Waals surface area (Å²) in [5.74, 6) is 0. The molecule has 0 bridgehead atoms. The van der Waals surface area contributed by atoms with E-state index in [2.05, 4.69) is 20.9 Å². The highest BCUT2D eigenvalue weighted by Gasteiger charge is 2.05. The van der Waals surface area contributed by atoms with E-state index >= 15 is 0 Å². The molecule has 0 saturated heterocycles. The number of benzene rings is 1. The summed E-state index contributed by atoms with van der Waals surface area (Å²) in [5.41, 5.74) is 3.14. The van der Waals surface area contributed by atoms with Gasteiger partial charge in [0.05, 0.1) is 4.83 Å². The fourth-order valence-corrected chi connectivity index (χ4v) is 1.78. The number of alkyl halides is 1. The molecule has 2 nitrogen and oxygen atoms in total. The summed E-state index contributed by atoms with van der Waals surface area (Å²) in [4.78, 5) is 14.4. The van der Waals surface area contributed by atoms with Gasteiger partial charge in [-0.1, -0.05) is 46.3 Å². The van der Waals surface area contributed by atoms with E-state index in [4.69, 9.17) is 0 Å². The molecule has 2 rings (SSSR count). The maximum absolute atomic E-state index is 10.6. The first-order valence-electron chi connectivity index (χ1n) is 4.91. The van der Waals surface area contributed by atoms with E-state index in [1.807, 2.05) is 42.6 Å². The van der Waals surface area contributed by atoms with Gasteiger partial charge in [-0.15, -0.1) is 17.0 Å². The lowest BCUT2D eigenvalue weighted by atomic mass is 10.0. The second kappa shape index (κ2) is 6.67. The fourth-order valence-electron chi connectivity index (χ4n) is 1.47. The number of halogens is 2. The third kappa shape index (κ3) is 3.48. The molecule has 1 aromatic carbocycles. The first-order valence-corrected chi connectivity index (χ1v) is 5.82. The van der Waals surface area contributed by atoms with Crippen LogP contribution in [0.5, 0.6) is 0 Å². The van der Waals surface area contributed by atoms with Crippen LogP contribution in [0.2, 0.25) is 0 Å². The zero-order valence-electron chi connectivity index (χ0n) is 8.92. The van der Waals surface area contributed by atoms with Crippen LogP contribution in [0.3, 0.4) is 0 Å². The average Bonchev–Trinajstić information content (AvgIpc) is 2.39. The first-order chi connectivity index (χ1) is 7.81. The number of rotatable bonds is 3. The summed E-state index contributed by atoms with van der Waals surface area (Å²) < 4.78 is 0. The molecule has 4 heteroatoms. The van der Waals surface area contributed by atoms with Crippen LogP contribution in [0.15, 0.2) is 48.8 Å². The summed E-state index contributed by atoms with van der Waals surface area (Å²) in [5, 5.41) is 0. The van der Waals surface area contributed by atoms with Crippen molar-refractivity contribution in [1.82, 2.24) is 4.98 Å². The van der Waals surface area contributed by atoms with E-state index in [0.717, 1.165) is 23.0 Å². The molecule has 0 aliphatic rings. The Morgan fingerprint density at radius 1 is 1.12 bits per heavy atom. The molecule has 2 aromatic rings. The van der Waals surface area contributed by atoms with Crippen molar-refractivity contribution in [2.75, 3.05) is 0 Å². The van der Waals surface area contributed by atoms with Crippen molar-refractivity contribution in [2.45, 2.75) is 4.83 Å². The highest BCUT2D eigenvalue weighted by Crippen LogP contribution is 2.24. The minimum atomic E-state index is -0.226. The lowest BCUT2D eigenvalue weighted by molar-refractivity contribution is -0.107. The van der Waals surface area contributed by atoms with Crippen LogP contribution in [0.1, 0.15) is 10.4 Å². The number of aromatic nitrogens is 1. The van der Waals surface area contributed by atoms with Gasteiger partial charge < -0.3 is 4.79 Å². The molecule has 0 radical (unpaired) electrons. The molecule has 0 saturated carbocycles. The number of carbonyl (C=O) groups is 1. The number of carbonyl (C=O) groups excluding carboxylic acids is 1. The monoisotopic (exact) mass is 355 g/mol. The van der Waals surface area contributed by atoms with Crippen molar-refractivity contribution in [3.63, 3.8) is 0 Å².